The van der Waals surface area contributed by atoms with Crippen LogP contribution in [0.4, 0.5) is 0 Å². The maximum atomic E-state index is 8.75. The van der Waals surface area contributed by atoms with Crippen molar-refractivity contribution in [3.8, 4) is 6.07 Å². The standard InChI is InChI=1S/C15H29NOSi/c1-14(2,3)18-17-15(4,5)13-8-6-12(7-9-13)10-11-16/h12-13H,6-10,18H2,1-5H3. The Morgan fingerprint density at radius 1 is 1.11 bits per heavy atom. The normalized spacial score (nSPS) is 26.4. The quantitative estimate of drug-likeness (QED) is 0.726. The highest BCUT2D eigenvalue weighted by Gasteiger charge is 2.34. The minimum absolute atomic E-state index is 0.0388. The number of hydrogen-bond donors (Lipinski definition) is 0. The molecule has 0 bridgehead atoms. The van der Waals surface area contributed by atoms with Gasteiger partial charge in [0.2, 0.25) is 0 Å². The van der Waals surface area contributed by atoms with Gasteiger partial charge in [0.05, 0.1) is 11.7 Å². The van der Waals surface area contributed by atoms with Crippen LogP contribution in [0.3, 0.4) is 0 Å². The molecule has 0 amide bonds. The zero-order chi connectivity index (χ0) is 13.8. The Hall–Kier alpha value is -0.333. The van der Waals surface area contributed by atoms with Crippen molar-refractivity contribution >= 4 is 9.76 Å². The number of nitrogens with zero attached hydrogens (tertiary/aromatic N) is 1. The van der Waals surface area contributed by atoms with Crippen LogP contribution in [0.1, 0.15) is 66.7 Å². The Bertz CT molecular complexity index is 293. The summed E-state index contributed by atoms with van der Waals surface area (Å²) in [7, 11) is -0.475. The van der Waals surface area contributed by atoms with Gasteiger partial charge in [-0.05, 0) is 56.4 Å². The molecule has 0 aromatic rings. The molecule has 0 saturated heterocycles. The highest BCUT2D eigenvalue weighted by Crippen LogP contribution is 2.39. The lowest BCUT2D eigenvalue weighted by Gasteiger charge is -2.40. The summed E-state index contributed by atoms with van der Waals surface area (Å²) >= 11 is 0. The second-order valence-electron chi connectivity index (χ2n) is 7.53. The maximum Gasteiger partial charge on any atom is 0.167 e. The Morgan fingerprint density at radius 2 is 1.67 bits per heavy atom. The summed E-state index contributed by atoms with van der Waals surface area (Å²) in [6, 6.07) is 2.31. The molecule has 1 aliphatic carbocycles. The van der Waals surface area contributed by atoms with E-state index in [2.05, 4.69) is 40.7 Å². The predicted molar refractivity (Wildman–Crippen MR) is 79.1 cm³/mol. The van der Waals surface area contributed by atoms with Crippen LogP contribution in [0.25, 0.3) is 0 Å². The lowest BCUT2D eigenvalue weighted by Crippen LogP contribution is -2.39. The van der Waals surface area contributed by atoms with Crippen molar-refractivity contribution in [3.05, 3.63) is 0 Å². The summed E-state index contributed by atoms with van der Waals surface area (Å²) in [5.74, 6) is 1.32. The molecule has 0 heterocycles. The topological polar surface area (TPSA) is 33.0 Å². The van der Waals surface area contributed by atoms with E-state index in [9.17, 15) is 0 Å². The van der Waals surface area contributed by atoms with Gasteiger partial charge in [-0.1, -0.05) is 20.8 Å². The molecule has 104 valence electrons. The third-order valence-electron chi connectivity index (χ3n) is 4.09. The molecule has 0 N–H and O–H groups in total. The van der Waals surface area contributed by atoms with Gasteiger partial charge in [0, 0.05) is 6.42 Å². The first-order valence-electron chi connectivity index (χ1n) is 7.25. The molecule has 18 heavy (non-hydrogen) atoms. The average molecular weight is 267 g/mol. The fraction of sp³-hybridized carbons (Fsp3) is 0.933. The van der Waals surface area contributed by atoms with E-state index < -0.39 is 9.76 Å². The molecule has 1 saturated carbocycles. The van der Waals surface area contributed by atoms with Crippen molar-refractivity contribution in [1.82, 2.24) is 0 Å². The van der Waals surface area contributed by atoms with E-state index >= 15 is 0 Å². The predicted octanol–water partition coefficient (Wildman–Crippen LogP) is 3.80. The maximum absolute atomic E-state index is 8.75. The van der Waals surface area contributed by atoms with Gasteiger partial charge in [-0.15, -0.1) is 0 Å². The summed E-state index contributed by atoms with van der Waals surface area (Å²) in [6.07, 6.45) is 5.63. The molecule has 0 spiro atoms. The van der Waals surface area contributed by atoms with Crippen LogP contribution in [0.5, 0.6) is 0 Å². The van der Waals surface area contributed by atoms with E-state index in [-0.39, 0.29) is 5.60 Å². The molecule has 0 radical (unpaired) electrons. The second-order valence-corrected chi connectivity index (χ2v) is 10.2. The Balaban J connectivity index is 2.43. The molecule has 1 fully saturated rings. The molecule has 0 aromatic heterocycles. The lowest BCUT2D eigenvalue weighted by molar-refractivity contribution is 0.0173. The number of hydrogen-bond acceptors (Lipinski definition) is 2. The van der Waals surface area contributed by atoms with Crippen molar-refractivity contribution in [2.24, 2.45) is 11.8 Å². The largest absolute Gasteiger partial charge is 0.418 e. The number of rotatable bonds is 4. The molecule has 0 aliphatic heterocycles. The molecule has 2 nitrogen and oxygen atoms in total. The Kier molecular flexibility index (Phi) is 5.42. The highest BCUT2D eigenvalue weighted by molar-refractivity contribution is 6.31. The fourth-order valence-electron chi connectivity index (χ4n) is 2.71. The zero-order valence-corrected chi connectivity index (χ0v) is 14.2. The van der Waals surface area contributed by atoms with Gasteiger partial charge < -0.3 is 4.43 Å². The molecule has 1 aliphatic rings. The summed E-state index contributed by atoms with van der Waals surface area (Å²) in [5, 5.41) is 9.12. The summed E-state index contributed by atoms with van der Waals surface area (Å²) in [6.45, 7) is 11.4. The van der Waals surface area contributed by atoms with E-state index in [1.807, 2.05) is 0 Å². The zero-order valence-electron chi connectivity index (χ0n) is 12.8. The molecule has 0 atom stereocenters. The van der Waals surface area contributed by atoms with Gasteiger partial charge in [0.15, 0.2) is 9.76 Å². The molecular weight excluding hydrogens is 238 g/mol. The minimum atomic E-state index is -0.475. The van der Waals surface area contributed by atoms with Gasteiger partial charge in [0.25, 0.3) is 0 Å². The van der Waals surface area contributed by atoms with E-state index in [4.69, 9.17) is 9.69 Å². The first-order chi connectivity index (χ1) is 8.24. The number of nitriles is 1. The highest BCUT2D eigenvalue weighted by atomic mass is 28.2. The van der Waals surface area contributed by atoms with Crippen molar-refractivity contribution in [2.75, 3.05) is 0 Å². The van der Waals surface area contributed by atoms with Crippen molar-refractivity contribution in [2.45, 2.75) is 77.4 Å². The Labute approximate surface area is 115 Å². The van der Waals surface area contributed by atoms with Crippen LogP contribution in [0.15, 0.2) is 0 Å². The van der Waals surface area contributed by atoms with E-state index in [1.54, 1.807) is 0 Å². The van der Waals surface area contributed by atoms with Crippen LogP contribution >= 0.6 is 0 Å². The lowest BCUT2D eigenvalue weighted by atomic mass is 9.74. The van der Waals surface area contributed by atoms with Gasteiger partial charge in [-0.25, -0.2) is 0 Å². The molecule has 1 rings (SSSR count). The van der Waals surface area contributed by atoms with Crippen LogP contribution in [0, 0.1) is 23.2 Å². The summed E-state index contributed by atoms with van der Waals surface area (Å²) < 4.78 is 6.30. The monoisotopic (exact) mass is 267 g/mol. The Morgan fingerprint density at radius 3 is 2.11 bits per heavy atom. The van der Waals surface area contributed by atoms with Gasteiger partial charge >= 0.3 is 0 Å². The van der Waals surface area contributed by atoms with Crippen LogP contribution in [-0.2, 0) is 4.43 Å². The molecule has 0 aromatic carbocycles. The molecule has 3 heteroatoms. The average Bonchev–Trinajstić information content (AvgIpc) is 2.27. The first-order valence-corrected chi connectivity index (χ1v) is 8.54. The smallest absolute Gasteiger partial charge is 0.167 e. The van der Waals surface area contributed by atoms with Crippen molar-refractivity contribution < 1.29 is 4.43 Å². The van der Waals surface area contributed by atoms with Crippen LogP contribution in [0.2, 0.25) is 5.04 Å². The minimum Gasteiger partial charge on any atom is -0.418 e. The van der Waals surface area contributed by atoms with Crippen molar-refractivity contribution in [1.29, 1.82) is 5.26 Å². The first kappa shape index (κ1) is 15.7. The van der Waals surface area contributed by atoms with Gasteiger partial charge in [0.1, 0.15) is 0 Å². The van der Waals surface area contributed by atoms with Crippen LogP contribution < -0.4 is 0 Å². The SMILES string of the molecule is CC(C)(C)[SiH2]OC(C)(C)C1CCC(CC#N)CC1. The van der Waals surface area contributed by atoms with E-state index in [0.717, 1.165) is 6.42 Å². The van der Waals surface area contributed by atoms with Crippen LogP contribution in [-0.4, -0.2) is 15.4 Å². The van der Waals surface area contributed by atoms with E-state index in [1.165, 1.54) is 25.7 Å². The molecular formula is C15H29NOSi. The third kappa shape index (κ3) is 5.12. The second kappa shape index (κ2) is 6.21. The van der Waals surface area contributed by atoms with Crippen molar-refractivity contribution in [3.63, 3.8) is 0 Å². The van der Waals surface area contributed by atoms with Gasteiger partial charge in [-0.3, -0.25) is 0 Å². The van der Waals surface area contributed by atoms with Gasteiger partial charge in [-0.2, -0.15) is 5.26 Å². The fourth-order valence-corrected chi connectivity index (χ4v) is 3.75. The summed E-state index contributed by atoms with van der Waals surface area (Å²) in [5.41, 5.74) is 0.0388. The summed E-state index contributed by atoms with van der Waals surface area (Å²) in [4.78, 5) is 0. The van der Waals surface area contributed by atoms with E-state index in [0.29, 0.717) is 16.9 Å². The molecule has 0 unspecified atom stereocenters. The third-order valence-corrected chi connectivity index (χ3v) is 5.84.